The van der Waals surface area contributed by atoms with Gasteiger partial charge in [0.2, 0.25) is 0 Å². The molecule has 1 aromatic carbocycles. The Hall–Kier alpha value is -1.62. The fourth-order valence-electron chi connectivity index (χ4n) is 2.67. The second-order valence-corrected chi connectivity index (χ2v) is 4.81. The van der Waals surface area contributed by atoms with Gasteiger partial charge in [-0.2, -0.15) is 13.2 Å². The van der Waals surface area contributed by atoms with Gasteiger partial charge in [-0.05, 0) is 23.3 Å². The van der Waals surface area contributed by atoms with Crippen LogP contribution in [-0.2, 0) is 15.7 Å². The van der Waals surface area contributed by atoms with Crippen molar-refractivity contribution in [3.05, 3.63) is 41.0 Å². The first-order valence-corrected chi connectivity index (χ1v) is 5.98. The fourth-order valence-corrected chi connectivity index (χ4v) is 2.67. The summed E-state index contributed by atoms with van der Waals surface area (Å²) in [4.78, 5) is 11.9. The van der Waals surface area contributed by atoms with Crippen molar-refractivity contribution >= 4 is 11.4 Å². The smallest absolute Gasteiger partial charge is 0.376 e. The van der Waals surface area contributed by atoms with Crippen molar-refractivity contribution in [2.75, 3.05) is 13.2 Å². The summed E-state index contributed by atoms with van der Waals surface area (Å²) in [6.07, 6.45) is -3.94. The van der Waals surface area contributed by atoms with E-state index < -0.39 is 11.7 Å². The lowest BCUT2D eigenvalue weighted by Gasteiger charge is -2.08. The molecule has 1 heterocycles. The normalized spacial score (nSPS) is 23.1. The number of carbonyl (C=O) groups excluding carboxylic acids is 1. The molecule has 3 rings (SSSR count). The van der Waals surface area contributed by atoms with Crippen molar-refractivity contribution < 1.29 is 22.7 Å². The Morgan fingerprint density at radius 1 is 1.16 bits per heavy atom. The Bertz CT molecular complexity index is 555. The highest BCUT2D eigenvalue weighted by molar-refractivity contribution is 6.24. The van der Waals surface area contributed by atoms with Crippen LogP contribution in [-0.4, -0.2) is 19.0 Å². The number of ketones is 1. The Morgan fingerprint density at radius 2 is 1.84 bits per heavy atom. The minimum Gasteiger partial charge on any atom is -0.376 e. The zero-order valence-corrected chi connectivity index (χ0v) is 9.96. The highest BCUT2D eigenvalue weighted by Gasteiger charge is 2.37. The van der Waals surface area contributed by atoms with Gasteiger partial charge in [0.05, 0.1) is 18.8 Å². The minimum atomic E-state index is -4.35. The van der Waals surface area contributed by atoms with Crippen molar-refractivity contribution in [1.82, 2.24) is 0 Å². The van der Waals surface area contributed by atoms with Gasteiger partial charge in [0.25, 0.3) is 0 Å². The Kier molecular flexibility index (Phi) is 2.74. The average Bonchev–Trinajstić information content (AvgIpc) is 2.87. The van der Waals surface area contributed by atoms with E-state index in [1.807, 2.05) is 0 Å². The first-order chi connectivity index (χ1) is 8.97. The topological polar surface area (TPSA) is 26.3 Å². The quantitative estimate of drug-likeness (QED) is 0.782. The number of ether oxygens (including phenoxy) is 1. The number of Topliss-reactive ketones (excluding diaryl/α,β-unsaturated/α-hetero) is 1. The summed E-state index contributed by atoms with van der Waals surface area (Å²) in [5, 5.41) is 0. The van der Waals surface area contributed by atoms with E-state index >= 15 is 0 Å². The molecular weight excluding hydrogens is 257 g/mol. The number of allylic oxidation sites excluding steroid dienone is 1. The maximum absolute atomic E-state index is 12.5. The summed E-state index contributed by atoms with van der Waals surface area (Å²) in [5.41, 5.74) is 1.34. The Labute approximate surface area is 107 Å². The minimum absolute atomic E-state index is 0.00283. The summed E-state index contributed by atoms with van der Waals surface area (Å²) in [6, 6.07) is 4.76. The van der Waals surface area contributed by atoms with E-state index in [2.05, 4.69) is 0 Å². The van der Waals surface area contributed by atoms with E-state index in [0.717, 1.165) is 17.7 Å². The first-order valence-electron chi connectivity index (χ1n) is 5.98. The van der Waals surface area contributed by atoms with E-state index in [1.165, 1.54) is 12.1 Å². The lowest BCUT2D eigenvalue weighted by molar-refractivity contribution is -0.137. The Balaban J connectivity index is 1.99. The summed E-state index contributed by atoms with van der Waals surface area (Å²) >= 11 is 0. The van der Waals surface area contributed by atoms with Crippen LogP contribution in [0.1, 0.15) is 17.5 Å². The van der Waals surface area contributed by atoms with Gasteiger partial charge in [0.15, 0.2) is 5.78 Å². The lowest BCUT2D eigenvalue weighted by atomic mass is 9.99. The largest absolute Gasteiger partial charge is 0.416 e. The highest BCUT2D eigenvalue weighted by Crippen LogP contribution is 2.39. The van der Waals surface area contributed by atoms with E-state index in [1.54, 1.807) is 0 Å². The number of rotatable bonds is 1. The molecule has 2 aliphatic rings. The van der Waals surface area contributed by atoms with Crippen LogP contribution in [0.25, 0.3) is 5.57 Å². The molecule has 0 N–H and O–H groups in total. The van der Waals surface area contributed by atoms with Crippen molar-refractivity contribution in [2.45, 2.75) is 12.6 Å². The SMILES string of the molecule is O=C1CC2COCC2=C1c1ccc(C(F)(F)F)cc1. The van der Waals surface area contributed by atoms with E-state index in [9.17, 15) is 18.0 Å². The third-order valence-electron chi connectivity index (χ3n) is 3.60. The second kappa shape index (κ2) is 4.20. The molecule has 0 saturated carbocycles. The zero-order chi connectivity index (χ0) is 13.6. The molecule has 0 amide bonds. The predicted molar refractivity (Wildman–Crippen MR) is 62.3 cm³/mol. The maximum Gasteiger partial charge on any atom is 0.416 e. The number of carbonyl (C=O) groups is 1. The molecule has 5 heteroatoms. The average molecular weight is 268 g/mol. The summed E-state index contributed by atoms with van der Waals surface area (Å²) in [5.74, 6) is 0.118. The van der Waals surface area contributed by atoms with Crippen molar-refractivity contribution in [3.8, 4) is 0 Å². The molecule has 0 spiro atoms. The van der Waals surface area contributed by atoms with Gasteiger partial charge in [0, 0.05) is 17.9 Å². The molecule has 1 atom stereocenters. The maximum atomic E-state index is 12.5. The van der Waals surface area contributed by atoms with Crippen LogP contribution < -0.4 is 0 Å². The summed E-state index contributed by atoms with van der Waals surface area (Å²) in [7, 11) is 0. The van der Waals surface area contributed by atoms with Crippen LogP contribution >= 0.6 is 0 Å². The third-order valence-corrected chi connectivity index (χ3v) is 3.60. The summed E-state index contributed by atoms with van der Waals surface area (Å²) in [6.45, 7) is 0.942. The van der Waals surface area contributed by atoms with Crippen LogP contribution in [0.5, 0.6) is 0 Å². The van der Waals surface area contributed by atoms with Gasteiger partial charge in [-0.25, -0.2) is 0 Å². The van der Waals surface area contributed by atoms with Crippen molar-refractivity contribution in [1.29, 1.82) is 0 Å². The van der Waals surface area contributed by atoms with E-state index in [-0.39, 0.29) is 11.7 Å². The summed E-state index contributed by atoms with van der Waals surface area (Å²) < 4.78 is 42.8. The van der Waals surface area contributed by atoms with Gasteiger partial charge in [-0.3, -0.25) is 4.79 Å². The molecule has 1 aromatic rings. The zero-order valence-electron chi connectivity index (χ0n) is 9.96. The molecule has 1 fully saturated rings. The molecule has 0 radical (unpaired) electrons. The molecular formula is C14H11F3O2. The van der Waals surface area contributed by atoms with Crippen LogP contribution in [0, 0.1) is 5.92 Å². The molecule has 0 bridgehead atoms. The molecule has 1 unspecified atom stereocenters. The standard InChI is InChI=1S/C14H11F3O2/c15-14(16,17)10-3-1-8(2-4-10)13-11-7-19-6-9(11)5-12(13)18/h1-4,9H,5-7H2. The number of benzene rings is 1. The van der Waals surface area contributed by atoms with Crippen molar-refractivity contribution in [3.63, 3.8) is 0 Å². The molecule has 1 saturated heterocycles. The van der Waals surface area contributed by atoms with Crippen LogP contribution in [0.2, 0.25) is 0 Å². The van der Waals surface area contributed by atoms with E-state index in [4.69, 9.17) is 4.74 Å². The van der Waals surface area contributed by atoms with Crippen LogP contribution in [0.15, 0.2) is 29.8 Å². The molecule has 100 valence electrons. The number of halogens is 3. The molecule has 1 aliphatic carbocycles. The number of hydrogen-bond acceptors (Lipinski definition) is 2. The van der Waals surface area contributed by atoms with Crippen LogP contribution in [0.3, 0.4) is 0 Å². The first kappa shape index (κ1) is 12.4. The van der Waals surface area contributed by atoms with Gasteiger partial charge in [-0.1, -0.05) is 12.1 Å². The monoisotopic (exact) mass is 268 g/mol. The highest BCUT2D eigenvalue weighted by atomic mass is 19.4. The fraction of sp³-hybridized carbons (Fsp3) is 0.357. The number of alkyl halides is 3. The van der Waals surface area contributed by atoms with Gasteiger partial charge in [0.1, 0.15) is 0 Å². The van der Waals surface area contributed by atoms with Crippen LogP contribution in [0.4, 0.5) is 13.2 Å². The van der Waals surface area contributed by atoms with Gasteiger partial charge in [-0.15, -0.1) is 0 Å². The lowest BCUT2D eigenvalue weighted by Crippen LogP contribution is -2.05. The Morgan fingerprint density at radius 3 is 2.47 bits per heavy atom. The molecule has 0 aromatic heterocycles. The third kappa shape index (κ3) is 2.08. The number of hydrogen-bond donors (Lipinski definition) is 0. The second-order valence-electron chi connectivity index (χ2n) is 4.81. The van der Waals surface area contributed by atoms with Crippen molar-refractivity contribution in [2.24, 2.45) is 5.92 Å². The molecule has 2 nitrogen and oxygen atoms in total. The molecule has 1 aliphatic heterocycles. The van der Waals surface area contributed by atoms with Gasteiger partial charge < -0.3 is 4.74 Å². The molecule has 19 heavy (non-hydrogen) atoms. The van der Waals surface area contributed by atoms with Gasteiger partial charge >= 0.3 is 6.18 Å². The predicted octanol–water partition coefficient (Wildman–Crippen LogP) is 3.08. The number of fused-ring (bicyclic) bond motifs is 1. The van der Waals surface area contributed by atoms with E-state index in [0.29, 0.717) is 30.8 Å².